The molecule has 2 atom stereocenters. The zero-order valence-corrected chi connectivity index (χ0v) is 25.9. The van der Waals surface area contributed by atoms with E-state index in [-0.39, 0.29) is 28.8 Å². The molecule has 0 saturated carbocycles. The van der Waals surface area contributed by atoms with Crippen molar-refractivity contribution in [3.05, 3.63) is 81.5 Å². The van der Waals surface area contributed by atoms with Gasteiger partial charge in [0.15, 0.2) is 11.5 Å². The molecule has 9 heteroatoms. The number of nitrogens with one attached hydrogen (secondary N) is 2. The van der Waals surface area contributed by atoms with E-state index in [9.17, 15) is 14.4 Å². The number of rotatable bonds is 10. The first kappa shape index (κ1) is 31.4. The van der Waals surface area contributed by atoms with Crippen LogP contribution in [0.25, 0.3) is 11.1 Å². The van der Waals surface area contributed by atoms with Crippen molar-refractivity contribution < 1.29 is 23.8 Å². The molecule has 4 rings (SSSR count). The lowest BCUT2D eigenvalue weighted by molar-refractivity contribution is -0.132. The minimum atomic E-state index is -0.638. The van der Waals surface area contributed by atoms with E-state index in [1.807, 2.05) is 56.3 Å². The first-order chi connectivity index (χ1) is 20.6. The van der Waals surface area contributed by atoms with Gasteiger partial charge in [0.05, 0.1) is 33.1 Å². The number of carbonyl (C=O) groups excluding carboxylic acids is 2. The number of methoxy groups -OCH3 is 3. The standard InChI is InChI=1S/C34H41N3O6/c1-20(2)31(34(40)37(4)19-22-11-9-8-10-12-22)36-27-16-14-24-25(18-28(27)39)26(35-21(3)38)15-13-23-17-29(41-5)32(42-6)33(43-7)30(23)24/h8-12,14,16-18,20,26,31H,13,15,19H2,1-7H3,(H,35,38)(H,36,39). The highest BCUT2D eigenvalue weighted by Crippen LogP contribution is 2.50. The van der Waals surface area contributed by atoms with E-state index in [0.717, 1.165) is 22.3 Å². The number of hydrogen-bond donors (Lipinski definition) is 2. The van der Waals surface area contributed by atoms with Crippen LogP contribution < -0.4 is 30.3 Å². The molecule has 1 aliphatic rings. The van der Waals surface area contributed by atoms with Gasteiger partial charge in [0.2, 0.25) is 23.0 Å². The van der Waals surface area contributed by atoms with Crippen molar-refractivity contribution in [1.29, 1.82) is 0 Å². The monoisotopic (exact) mass is 587 g/mol. The fourth-order valence-electron chi connectivity index (χ4n) is 5.68. The molecule has 0 spiro atoms. The van der Waals surface area contributed by atoms with Crippen molar-refractivity contribution >= 4 is 17.5 Å². The van der Waals surface area contributed by atoms with Crippen molar-refractivity contribution in [3.63, 3.8) is 0 Å². The molecule has 1 aliphatic carbocycles. The van der Waals surface area contributed by atoms with Crippen LogP contribution in [0.1, 0.15) is 49.9 Å². The molecule has 0 aliphatic heterocycles. The maximum Gasteiger partial charge on any atom is 0.245 e. The predicted molar refractivity (Wildman–Crippen MR) is 168 cm³/mol. The van der Waals surface area contributed by atoms with E-state index >= 15 is 0 Å². The Bertz CT molecular complexity index is 1540. The van der Waals surface area contributed by atoms with Gasteiger partial charge < -0.3 is 29.7 Å². The largest absolute Gasteiger partial charge is 0.493 e. The van der Waals surface area contributed by atoms with E-state index in [2.05, 4.69) is 10.6 Å². The average molecular weight is 588 g/mol. The van der Waals surface area contributed by atoms with Crippen molar-refractivity contribution in [2.45, 2.75) is 52.2 Å². The summed E-state index contributed by atoms with van der Waals surface area (Å²) in [4.78, 5) is 41.3. The van der Waals surface area contributed by atoms with Gasteiger partial charge in [0.25, 0.3) is 0 Å². The zero-order valence-electron chi connectivity index (χ0n) is 25.9. The summed E-state index contributed by atoms with van der Waals surface area (Å²) in [5, 5.41) is 6.27. The summed E-state index contributed by atoms with van der Waals surface area (Å²) in [5.74, 6) is 1.03. The Balaban J connectivity index is 1.83. The highest BCUT2D eigenvalue weighted by Gasteiger charge is 2.30. The van der Waals surface area contributed by atoms with Crippen molar-refractivity contribution in [2.24, 2.45) is 5.92 Å². The van der Waals surface area contributed by atoms with Crippen LogP contribution in [0.5, 0.6) is 17.2 Å². The Morgan fingerprint density at radius 1 is 0.977 bits per heavy atom. The molecular formula is C34H41N3O6. The molecule has 0 radical (unpaired) electrons. The summed E-state index contributed by atoms with van der Waals surface area (Å²) in [7, 11) is 6.44. The molecule has 0 bridgehead atoms. The number of anilines is 1. The number of ether oxygens (including phenoxy) is 3. The normalized spacial score (nSPS) is 14.5. The minimum Gasteiger partial charge on any atom is -0.493 e. The molecule has 3 aromatic rings. The number of amides is 2. The van der Waals surface area contributed by atoms with Crippen LogP contribution in [0, 0.1) is 5.92 Å². The molecule has 43 heavy (non-hydrogen) atoms. The smallest absolute Gasteiger partial charge is 0.245 e. The number of likely N-dealkylation sites (N-methyl/N-ethyl adjacent to an activating group) is 1. The summed E-state index contributed by atoms with van der Waals surface area (Å²) < 4.78 is 17.1. The van der Waals surface area contributed by atoms with Crippen LogP contribution in [0.15, 0.2) is 59.4 Å². The van der Waals surface area contributed by atoms with Crippen LogP contribution in [-0.2, 0) is 22.6 Å². The molecule has 0 heterocycles. The van der Waals surface area contributed by atoms with Crippen molar-refractivity contribution in [3.8, 4) is 28.4 Å². The van der Waals surface area contributed by atoms with Crippen LogP contribution in [0.4, 0.5) is 5.69 Å². The summed E-state index contributed by atoms with van der Waals surface area (Å²) in [6.07, 6.45) is 1.16. The van der Waals surface area contributed by atoms with Crippen LogP contribution >= 0.6 is 0 Å². The predicted octanol–water partition coefficient (Wildman–Crippen LogP) is 4.96. The van der Waals surface area contributed by atoms with Gasteiger partial charge in [-0.1, -0.05) is 50.2 Å². The van der Waals surface area contributed by atoms with Gasteiger partial charge in [-0.05, 0) is 59.2 Å². The van der Waals surface area contributed by atoms with E-state index in [0.29, 0.717) is 42.2 Å². The van der Waals surface area contributed by atoms with E-state index < -0.39 is 12.1 Å². The molecule has 2 N–H and O–H groups in total. The van der Waals surface area contributed by atoms with Gasteiger partial charge in [-0.2, -0.15) is 0 Å². The maximum atomic E-state index is 13.8. The van der Waals surface area contributed by atoms with Gasteiger partial charge in [0.1, 0.15) is 6.04 Å². The van der Waals surface area contributed by atoms with Crippen molar-refractivity contribution in [1.82, 2.24) is 10.2 Å². The highest BCUT2D eigenvalue weighted by atomic mass is 16.5. The molecule has 228 valence electrons. The van der Waals surface area contributed by atoms with E-state index in [1.54, 1.807) is 45.4 Å². The SMILES string of the molecule is COc1cc2c(c(OC)c1OC)-c1ccc(NC(C(=O)N(C)Cc3ccccc3)C(C)C)c(=O)cc1C(NC(C)=O)CC2. The topological polar surface area (TPSA) is 106 Å². The van der Waals surface area contributed by atoms with Gasteiger partial charge in [0, 0.05) is 26.1 Å². The Hall–Kier alpha value is -4.53. The Morgan fingerprint density at radius 3 is 2.28 bits per heavy atom. The molecule has 0 fully saturated rings. The number of carbonyl (C=O) groups is 2. The summed E-state index contributed by atoms with van der Waals surface area (Å²) in [6.45, 7) is 5.80. The second-order valence-electron chi connectivity index (χ2n) is 11.1. The van der Waals surface area contributed by atoms with E-state index in [1.165, 1.54) is 6.92 Å². The first-order valence-corrected chi connectivity index (χ1v) is 14.4. The molecule has 2 amide bonds. The second kappa shape index (κ2) is 13.6. The number of aryl methyl sites for hydroxylation is 1. The van der Waals surface area contributed by atoms with Crippen molar-refractivity contribution in [2.75, 3.05) is 33.7 Å². The number of nitrogens with zero attached hydrogens (tertiary/aromatic N) is 1. The lowest BCUT2D eigenvalue weighted by Gasteiger charge is -2.27. The lowest BCUT2D eigenvalue weighted by atomic mass is 9.95. The fraction of sp³-hybridized carbons (Fsp3) is 0.382. The Labute approximate surface area is 253 Å². The molecular weight excluding hydrogens is 546 g/mol. The first-order valence-electron chi connectivity index (χ1n) is 14.4. The lowest BCUT2D eigenvalue weighted by Crippen LogP contribution is -2.44. The molecule has 3 aromatic carbocycles. The molecule has 2 unspecified atom stereocenters. The van der Waals surface area contributed by atoms with Gasteiger partial charge >= 0.3 is 0 Å². The fourth-order valence-corrected chi connectivity index (χ4v) is 5.68. The van der Waals surface area contributed by atoms with Gasteiger partial charge in [-0.25, -0.2) is 0 Å². The third-order valence-electron chi connectivity index (χ3n) is 7.80. The maximum absolute atomic E-state index is 13.8. The van der Waals surface area contributed by atoms with Gasteiger partial charge in [-0.15, -0.1) is 0 Å². The third-order valence-corrected chi connectivity index (χ3v) is 7.80. The highest BCUT2D eigenvalue weighted by molar-refractivity contribution is 5.86. The third kappa shape index (κ3) is 6.77. The van der Waals surface area contributed by atoms with Crippen LogP contribution in [0.3, 0.4) is 0 Å². The Kier molecular flexibility index (Phi) is 9.95. The summed E-state index contributed by atoms with van der Waals surface area (Å²) >= 11 is 0. The zero-order chi connectivity index (χ0) is 31.3. The second-order valence-corrected chi connectivity index (χ2v) is 11.1. The van der Waals surface area contributed by atoms with Crippen LogP contribution in [0.2, 0.25) is 0 Å². The number of hydrogen-bond acceptors (Lipinski definition) is 7. The molecule has 0 saturated heterocycles. The molecule has 0 aromatic heterocycles. The van der Waals surface area contributed by atoms with Crippen LogP contribution in [-0.4, -0.2) is 51.1 Å². The minimum absolute atomic E-state index is 0.0989. The quantitative estimate of drug-likeness (QED) is 0.346. The van der Waals surface area contributed by atoms with E-state index in [4.69, 9.17) is 14.2 Å². The average Bonchev–Trinajstić information content (AvgIpc) is 3.23. The summed E-state index contributed by atoms with van der Waals surface area (Å²) in [6, 6.07) is 15.7. The Morgan fingerprint density at radius 2 is 1.67 bits per heavy atom. The summed E-state index contributed by atoms with van der Waals surface area (Å²) in [5.41, 5.74) is 4.11. The number of benzene rings is 2. The number of fused-ring (bicyclic) bond motifs is 3. The van der Waals surface area contributed by atoms with Gasteiger partial charge in [-0.3, -0.25) is 14.4 Å². The molecule has 9 nitrogen and oxygen atoms in total.